The second kappa shape index (κ2) is 14.2. The van der Waals surface area contributed by atoms with Crippen LogP contribution in [0.15, 0.2) is 138 Å². The number of nitrogens with one attached hydrogen (secondary N) is 2. The summed E-state index contributed by atoms with van der Waals surface area (Å²) in [6.45, 7) is 1.98. The van der Waals surface area contributed by atoms with E-state index in [-0.39, 0.29) is 28.1 Å². The number of hydrogen-bond acceptors (Lipinski definition) is 6. The van der Waals surface area contributed by atoms with Crippen molar-refractivity contribution in [3.8, 4) is 0 Å². The molecule has 48 heavy (non-hydrogen) atoms. The third kappa shape index (κ3) is 6.74. The van der Waals surface area contributed by atoms with Crippen molar-refractivity contribution in [2.24, 2.45) is 0 Å². The number of aromatic nitrogens is 1. The lowest BCUT2D eigenvalue weighted by Gasteiger charge is -2.16. The Morgan fingerprint density at radius 1 is 0.792 bits per heavy atom. The molecule has 6 aromatic rings. The summed E-state index contributed by atoms with van der Waals surface area (Å²) in [6.07, 6.45) is 1.88. The smallest absolute Gasteiger partial charge is 0.276 e. The van der Waals surface area contributed by atoms with Crippen LogP contribution in [-0.2, 0) is 4.79 Å². The molecule has 2 amide bonds. The van der Waals surface area contributed by atoms with E-state index in [9.17, 15) is 24.5 Å². The third-order valence-corrected chi connectivity index (χ3v) is 9.16. The van der Waals surface area contributed by atoms with Gasteiger partial charge in [0.15, 0.2) is 0 Å². The summed E-state index contributed by atoms with van der Waals surface area (Å²) in [6, 6.07) is 37.1. The van der Waals surface area contributed by atoms with Crippen LogP contribution in [0.2, 0.25) is 0 Å². The second-order valence-electron chi connectivity index (χ2n) is 10.9. The van der Waals surface area contributed by atoms with Gasteiger partial charge in [-0.05, 0) is 67.1 Å². The molecule has 1 unspecified atom stereocenters. The summed E-state index contributed by atoms with van der Waals surface area (Å²) in [5.41, 5.74) is 2.27. The molecule has 1 heterocycles. The van der Waals surface area contributed by atoms with E-state index in [1.54, 1.807) is 53.1 Å². The Bertz CT molecular complexity index is 2140. The van der Waals surface area contributed by atoms with Crippen LogP contribution in [-0.4, -0.2) is 32.5 Å². The zero-order valence-corrected chi connectivity index (χ0v) is 26.6. The van der Waals surface area contributed by atoms with Gasteiger partial charge >= 0.3 is 0 Å². The minimum absolute atomic E-state index is 0.0174. The topological polar surface area (TPSA) is 123 Å². The molecule has 1 aromatic heterocycles. The standard InChI is InChI=1S/C38H30N4O5S/c1-2-35(38(45)41-33-18-10-7-15-29(33)30-16-8-11-19-34(30)41)48-28-22-20-27(21-23-28)39-37(44)31(40-36(43)25-12-4-3-5-13-25)24-26-14-6-9-17-32(26)42(46)47/h3-24,35H,2H2,1H3,(H,39,44)(H,40,43)/b31-24+. The molecule has 10 heteroatoms. The molecule has 0 spiro atoms. The Morgan fingerprint density at radius 3 is 2.00 bits per heavy atom. The predicted octanol–water partition coefficient (Wildman–Crippen LogP) is 8.32. The number of amides is 2. The highest BCUT2D eigenvalue weighted by atomic mass is 32.2. The minimum atomic E-state index is -0.661. The summed E-state index contributed by atoms with van der Waals surface area (Å²) >= 11 is 1.44. The number of para-hydroxylation sites is 3. The Hall–Kier alpha value is -6.00. The van der Waals surface area contributed by atoms with Gasteiger partial charge in [0.1, 0.15) is 5.70 Å². The molecule has 238 valence electrons. The van der Waals surface area contributed by atoms with E-state index >= 15 is 0 Å². The maximum Gasteiger partial charge on any atom is 0.276 e. The number of rotatable bonds is 10. The van der Waals surface area contributed by atoms with Crippen LogP contribution in [0.4, 0.5) is 11.4 Å². The van der Waals surface area contributed by atoms with E-state index in [1.807, 2.05) is 67.6 Å². The van der Waals surface area contributed by atoms with Gasteiger partial charge in [-0.3, -0.25) is 29.1 Å². The molecular weight excluding hydrogens is 625 g/mol. The lowest BCUT2D eigenvalue weighted by Crippen LogP contribution is -2.30. The van der Waals surface area contributed by atoms with Crippen molar-refractivity contribution in [1.82, 2.24) is 9.88 Å². The molecule has 2 N–H and O–H groups in total. The first-order valence-corrected chi connectivity index (χ1v) is 16.1. The van der Waals surface area contributed by atoms with E-state index in [4.69, 9.17) is 0 Å². The number of carbonyl (C=O) groups excluding carboxylic acids is 3. The van der Waals surface area contributed by atoms with E-state index in [2.05, 4.69) is 10.6 Å². The van der Waals surface area contributed by atoms with Gasteiger partial charge < -0.3 is 10.6 Å². The molecule has 1 atom stereocenters. The van der Waals surface area contributed by atoms with Crippen LogP contribution in [0.3, 0.4) is 0 Å². The fourth-order valence-corrected chi connectivity index (χ4v) is 6.46. The molecule has 0 aliphatic heterocycles. The summed E-state index contributed by atoms with van der Waals surface area (Å²) in [4.78, 5) is 52.4. The number of carbonyl (C=O) groups is 3. The molecule has 0 radical (unpaired) electrons. The predicted molar refractivity (Wildman–Crippen MR) is 190 cm³/mol. The molecule has 0 bridgehead atoms. The lowest BCUT2D eigenvalue weighted by molar-refractivity contribution is -0.385. The van der Waals surface area contributed by atoms with Crippen LogP contribution < -0.4 is 10.6 Å². The first kappa shape index (κ1) is 32.0. The summed E-state index contributed by atoms with van der Waals surface area (Å²) in [7, 11) is 0. The number of anilines is 1. The number of nitro benzene ring substituents is 1. The molecule has 0 aliphatic carbocycles. The molecule has 5 aromatic carbocycles. The average molecular weight is 655 g/mol. The van der Waals surface area contributed by atoms with Gasteiger partial charge in [-0.25, -0.2) is 0 Å². The molecular formula is C38H30N4O5S. The van der Waals surface area contributed by atoms with Gasteiger partial charge in [0.2, 0.25) is 5.91 Å². The number of nitro groups is 1. The molecule has 0 saturated heterocycles. The Balaban J connectivity index is 1.22. The number of benzene rings is 5. The van der Waals surface area contributed by atoms with Gasteiger partial charge in [-0.1, -0.05) is 73.7 Å². The number of hydrogen-bond donors (Lipinski definition) is 2. The van der Waals surface area contributed by atoms with Crippen LogP contribution in [0.5, 0.6) is 0 Å². The molecule has 9 nitrogen and oxygen atoms in total. The van der Waals surface area contributed by atoms with E-state index in [0.717, 1.165) is 26.7 Å². The zero-order chi connectivity index (χ0) is 33.6. The summed E-state index contributed by atoms with van der Waals surface area (Å²) < 4.78 is 1.80. The maximum atomic E-state index is 14.0. The molecule has 6 rings (SSSR count). The first-order valence-electron chi connectivity index (χ1n) is 15.3. The quantitative estimate of drug-likeness (QED) is 0.0663. The van der Waals surface area contributed by atoms with Crippen molar-refractivity contribution in [1.29, 1.82) is 0 Å². The van der Waals surface area contributed by atoms with Crippen LogP contribution >= 0.6 is 11.8 Å². The maximum absolute atomic E-state index is 14.0. The Morgan fingerprint density at radius 2 is 1.38 bits per heavy atom. The normalized spacial score (nSPS) is 12.1. The summed E-state index contributed by atoms with van der Waals surface area (Å²) in [5.74, 6) is -1.22. The Kier molecular flexibility index (Phi) is 9.45. The first-order chi connectivity index (χ1) is 23.3. The van der Waals surface area contributed by atoms with Crippen molar-refractivity contribution in [3.05, 3.63) is 154 Å². The fourth-order valence-electron chi connectivity index (χ4n) is 5.47. The monoisotopic (exact) mass is 654 g/mol. The second-order valence-corrected chi connectivity index (χ2v) is 12.2. The van der Waals surface area contributed by atoms with Crippen LogP contribution in [0.1, 0.15) is 34.1 Å². The van der Waals surface area contributed by atoms with Crippen molar-refractivity contribution in [3.63, 3.8) is 0 Å². The number of thioether (sulfide) groups is 1. The van der Waals surface area contributed by atoms with Crippen molar-refractivity contribution in [2.75, 3.05) is 5.32 Å². The van der Waals surface area contributed by atoms with Gasteiger partial charge in [-0.15, -0.1) is 11.8 Å². The molecule has 0 saturated carbocycles. The lowest BCUT2D eigenvalue weighted by atomic mass is 10.1. The van der Waals surface area contributed by atoms with E-state index in [1.165, 1.54) is 36.0 Å². The molecule has 0 aliphatic rings. The number of nitrogens with zero attached hydrogens (tertiary/aromatic N) is 2. The average Bonchev–Trinajstić information content (AvgIpc) is 3.45. The minimum Gasteiger partial charge on any atom is -0.321 e. The van der Waals surface area contributed by atoms with Crippen LogP contribution in [0.25, 0.3) is 27.9 Å². The highest BCUT2D eigenvalue weighted by Crippen LogP contribution is 2.33. The number of fused-ring (bicyclic) bond motifs is 3. The van der Waals surface area contributed by atoms with Crippen LogP contribution in [0, 0.1) is 10.1 Å². The highest BCUT2D eigenvalue weighted by molar-refractivity contribution is 8.00. The third-order valence-electron chi connectivity index (χ3n) is 7.80. The van der Waals surface area contributed by atoms with Crippen molar-refractivity contribution >= 4 is 68.7 Å². The summed E-state index contributed by atoms with van der Waals surface area (Å²) in [5, 5.41) is 18.7. The SMILES string of the molecule is CCC(Sc1ccc(NC(=O)/C(=C\c2ccccc2[N+](=O)[O-])NC(=O)c2ccccc2)cc1)C(=O)n1c2ccccc2c2ccccc21. The zero-order valence-electron chi connectivity index (χ0n) is 25.8. The van der Waals surface area contributed by atoms with Crippen molar-refractivity contribution in [2.45, 2.75) is 23.5 Å². The van der Waals surface area contributed by atoms with Gasteiger partial charge in [0, 0.05) is 33.0 Å². The molecule has 0 fully saturated rings. The Labute approximate surface area is 280 Å². The fraction of sp³-hybridized carbons (Fsp3) is 0.0789. The largest absolute Gasteiger partial charge is 0.321 e. The van der Waals surface area contributed by atoms with E-state index in [0.29, 0.717) is 17.7 Å². The van der Waals surface area contributed by atoms with Crippen molar-refractivity contribution < 1.29 is 19.3 Å². The van der Waals surface area contributed by atoms with Gasteiger partial charge in [-0.2, -0.15) is 0 Å². The van der Waals surface area contributed by atoms with Gasteiger partial charge in [0.25, 0.3) is 17.5 Å². The highest BCUT2D eigenvalue weighted by Gasteiger charge is 2.24. The van der Waals surface area contributed by atoms with E-state index < -0.39 is 16.7 Å². The van der Waals surface area contributed by atoms with Gasteiger partial charge in [0.05, 0.1) is 26.8 Å².